The second-order valence-electron chi connectivity index (χ2n) is 5.97. The van der Waals surface area contributed by atoms with E-state index in [-0.39, 0.29) is 35.6 Å². The molecule has 2 aromatic carbocycles. The number of fused-ring (bicyclic) bond motifs is 1. The van der Waals surface area contributed by atoms with Gasteiger partial charge in [0.1, 0.15) is 0 Å². The molecule has 0 saturated heterocycles. The molecule has 0 bridgehead atoms. The first kappa shape index (κ1) is 20.8. The number of carbonyl (C=O) groups is 3. The number of ether oxygens (including phenoxy) is 2. The molecule has 0 aromatic heterocycles. The van der Waals surface area contributed by atoms with E-state index in [2.05, 4.69) is 4.74 Å². The number of thioether (sulfide) groups is 1. The number of nitrogens with zero attached hydrogens (tertiary/aromatic N) is 1. The fourth-order valence-corrected chi connectivity index (χ4v) is 3.67. The predicted molar refractivity (Wildman–Crippen MR) is 101 cm³/mol. The van der Waals surface area contributed by atoms with Crippen LogP contribution in [0.2, 0.25) is 0 Å². The standard InChI is InChI=1S/C20H17F2NO5S/c1-2-27-17(24)11-28-18-15(21)9-12(10-16(18)22)29-8-7-23-19(25)13-5-3-4-6-14(13)20(23)26/h3-6,9-10H,2,7-8,11H2,1H3. The number of benzene rings is 2. The van der Waals surface area contributed by atoms with Crippen molar-refractivity contribution in [2.45, 2.75) is 11.8 Å². The Balaban J connectivity index is 1.58. The van der Waals surface area contributed by atoms with E-state index in [0.717, 1.165) is 28.8 Å². The average molecular weight is 421 g/mol. The molecule has 3 rings (SSSR count). The summed E-state index contributed by atoms with van der Waals surface area (Å²) < 4.78 is 37.8. The van der Waals surface area contributed by atoms with Crippen molar-refractivity contribution in [3.8, 4) is 5.75 Å². The molecule has 0 saturated carbocycles. The van der Waals surface area contributed by atoms with Crippen LogP contribution in [-0.4, -0.2) is 48.2 Å². The topological polar surface area (TPSA) is 72.9 Å². The number of imide groups is 1. The normalized spacial score (nSPS) is 12.9. The summed E-state index contributed by atoms with van der Waals surface area (Å²) in [6, 6.07) is 8.66. The van der Waals surface area contributed by atoms with Crippen molar-refractivity contribution in [2.24, 2.45) is 0 Å². The fraction of sp³-hybridized carbons (Fsp3) is 0.250. The summed E-state index contributed by atoms with van der Waals surface area (Å²) in [5.74, 6) is -3.83. The highest BCUT2D eigenvalue weighted by molar-refractivity contribution is 7.99. The summed E-state index contributed by atoms with van der Waals surface area (Å²) in [7, 11) is 0. The average Bonchev–Trinajstić information content (AvgIpc) is 2.93. The molecule has 152 valence electrons. The second kappa shape index (κ2) is 9.04. The van der Waals surface area contributed by atoms with Crippen LogP contribution >= 0.6 is 11.8 Å². The van der Waals surface area contributed by atoms with E-state index in [1.54, 1.807) is 31.2 Å². The van der Waals surface area contributed by atoms with Gasteiger partial charge < -0.3 is 9.47 Å². The van der Waals surface area contributed by atoms with E-state index in [4.69, 9.17) is 4.74 Å². The van der Waals surface area contributed by atoms with Crippen LogP contribution < -0.4 is 4.74 Å². The lowest BCUT2D eigenvalue weighted by Crippen LogP contribution is -2.31. The first-order valence-corrected chi connectivity index (χ1v) is 9.76. The zero-order valence-electron chi connectivity index (χ0n) is 15.4. The SMILES string of the molecule is CCOC(=O)COc1c(F)cc(SCCN2C(=O)c3ccccc3C2=O)cc1F. The molecule has 0 fully saturated rings. The number of rotatable bonds is 8. The van der Waals surface area contributed by atoms with Crippen LogP contribution in [0.1, 0.15) is 27.6 Å². The highest BCUT2D eigenvalue weighted by Gasteiger charge is 2.34. The maximum atomic E-state index is 14.1. The van der Waals surface area contributed by atoms with Gasteiger partial charge in [-0.1, -0.05) is 12.1 Å². The van der Waals surface area contributed by atoms with Crippen LogP contribution in [0.5, 0.6) is 5.75 Å². The Labute approximate surface area is 169 Å². The van der Waals surface area contributed by atoms with Crippen molar-refractivity contribution >= 4 is 29.5 Å². The quantitative estimate of drug-likeness (QED) is 0.370. The number of hydrogen-bond acceptors (Lipinski definition) is 6. The van der Waals surface area contributed by atoms with Gasteiger partial charge in [-0.05, 0) is 31.2 Å². The van der Waals surface area contributed by atoms with Crippen molar-refractivity contribution in [3.05, 3.63) is 59.2 Å². The minimum Gasteiger partial charge on any atom is -0.476 e. The van der Waals surface area contributed by atoms with Crippen LogP contribution in [0.25, 0.3) is 0 Å². The summed E-state index contributed by atoms with van der Waals surface area (Å²) >= 11 is 1.09. The third kappa shape index (κ3) is 4.56. The lowest BCUT2D eigenvalue weighted by molar-refractivity contribution is -0.145. The van der Waals surface area contributed by atoms with E-state index in [1.807, 2.05) is 0 Å². The molecule has 0 N–H and O–H groups in total. The molecule has 9 heteroatoms. The molecule has 1 aliphatic heterocycles. The summed E-state index contributed by atoms with van der Waals surface area (Å²) in [6.07, 6.45) is 0. The Hall–Kier alpha value is -2.94. The van der Waals surface area contributed by atoms with Crippen LogP contribution in [0, 0.1) is 11.6 Å². The highest BCUT2D eigenvalue weighted by Crippen LogP contribution is 2.29. The van der Waals surface area contributed by atoms with E-state index >= 15 is 0 Å². The van der Waals surface area contributed by atoms with Crippen molar-refractivity contribution in [1.29, 1.82) is 0 Å². The number of amides is 2. The molecule has 6 nitrogen and oxygen atoms in total. The Bertz CT molecular complexity index is 908. The molecule has 0 unspecified atom stereocenters. The van der Waals surface area contributed by atoms with Gasteiger partial charge in [-0.25, -0.2) is 13.6 Å². The monoisotopic (exact) mass is 421 g/mol. The third-order valence-electron chi connectivity index (χ3n) is 4.07. The van der Waals surface area contributed by atoms with Gasteiger partial charge in [-0.2, -0.15) is 0 Å². The van der Waals surface area contributed by atoms with Gasteiger partial charge in [-0.3, -0.25) is 14.5 Å². The Morgan fingerprint density at radius 3 is 2.21 bits per heavy atom. The van der Waals surface area contributed by atoms with E-state index in [9.17, 15) is 23.2 Å². The van der Waals surface area contributed by atoms with Gasteiger partial charge in [0.2, 0.25) is 0 Å². The molecule has 2 aromatic rings. The smallest absolute Gasteiger partial charge is 0.344 e. The molecule has 0 radical (unpaired) electrons. The van der Waals surface area contributed by atoms with Crippen molar-refractivity contribution in [1.82, 2.24) is 4.90 Å². The summed E-state index contributed by atoms with van der Waals surface area (Å²) in [6.45, 7) is 1.23. The van der Waals surface area contributed by atoms with Gasteiger partial charge in [0, 0.05) is 17.2 Å². The number of esters is 1. The summed E-state index contributed by atoms with van der Waals surface area (Å²) in [4.78, 5) is 37.2. The van der Waals surface area contributed by atoms with Gasteiger partial charge in [-0.15, -0.1) is 11.8 Å². The molecular weight excluding hydrogens is 404 g/mol. The van der Waals surface area contributed by atoms with E-state index < -0.39 is 30.0 Å². The minimum atomic E-state index is -0.961. The molecule has 29 heavy (non-hydrogen) atoms. The van der Waals surface area contributed by atoms with Crippen LogP contribution in [0.3, 0.4) is 0 Å². The van der Waals surface area contributed by atoms with Crippen LogP contribution in [0.15, 0.2) is 41.3 Å². The number of carbonyl (C=O) groups excluding carboxylic acids is 3. The summed E-state index contributed by atoms with van der Waals surface area (Å²) in [5, 5.41) is 0. The van der Waals surface area contributed by atoms with Gasteiger partial charge in [0.15, 0.2) is 24.0 Å². The molecule has 1 aliphatic rings. The van der Waals surface area contributed by atoms with Crippen LogP contribution in [0.4, 0.5) is 8.78 Å². The maximum Gasteiger partial charge on any atom is 0.344 e. The van der Waals surface area contributed by atoms with E-state index in [0.29, 0.717) is 11.1 Å². The predicted octanol–water partition coefficient (Wildman–Crippen LogP) is 3.30. The molecule has 2 amide bonds. The molecule has 0 atom stereocenters. The third-order valence-corrected chi connectivity index (χ3v) is 5.03. The van der Waals surface area contributed by atoms with Gasteiger partial charge in [0.25, 0.3) is 11.8 Å². The Morgan fingerprint density at radius 2 is 1.66 bits per heavy atom. The summed E-state index contributed by atoms with van der Waals surface area (Å²) in [5.41, 5.74) is 0.699. The molecule has 0 spiro atoms. The lowest BCUT2D eigenvalue weighted by atomic mass is 10.1. The fourth-order valence-electron chi connectivity index (χ4n) is 2.79. The van der Waals surface area contributed by atoms with Crippen molar-refractivity contribution in [2.75, 3.05) is 25.5 Å². The minimum absolute atomic E-state index is 0.0986. The first-order valence-electron chi connectivity index (χ1n) is 8.77. The van der Waals surface area contributed by atoms with Gasteiger partial charge in [0.05, 0.1) is 17.7 Å². The maximum absolute atomic E-state index is 14.1. The first-order chi connectivity index (χ1) is 13.9. The lowest BCUT2D eigenvalue weighted by Gasteiger charge is -2.14. The molecule has 0 aliphatic carbocycles. The number of halogens is 2. The Kier molecular flexibility index (Phi) is 6.48. The Morgan fingerprint density at radius 1 is 1.07 bits per heavy atom. The van der Waals surface area contributed by atoms with Crippen molar-refractivity contribution < 1.29 is 32.6 Å². The highest BCUT2D eigenvalue weighted by atomic mass is 32.2. The van der Waals surface area contributed by atoms with Gasteiger partial charge >= 0.3 is 5.97 Å². The van der Waals surface area contributed by atoms with Crippen molar-refractivity contribution in [3.63, 3.8) is 0 Å². The molecular formula is C20H17F2NO5S. The van der Waals surface area contributed by atoms with E-state index in [1.165, 1.54) is 0 Å². The zero-order chi connectivity index (χ0) is 21.0. The number of hydrogen-bond donors (Lipinski definition) is 0. The zero-order valence-corrected chi connectivity index (χ0v) is 16.3. The second-order valence-corrected chi connectivity index (χ2v) is 7.13. The molecule has 1 heterocycles. The van der Waals surface area contributed by atoms with Crippen LogP contribution in [-0.2, 0) is 9.53 Å². The largest absolute Gasteiger partial charge is 0.476 e.